The normalized spacial score (nSPS) is 10.1. The average molecular weight is 209 g/mol. The van der Waals surface area contributed by atoms with Crippen LogP contribution in [0.15, 0.2) is 12.1 Å². The maximum atomic E-state index is 5.60. The first-order valence-electron chi connectivity index (χ1n) is 5.17. The van der Waals surface area contributed by atoms with Crippen LogP contribution >= 0.6 is 0 Å². The van der Waals surface area contributed by atoms with E-state index >= 15 is 0 Å². The van der Waals surface area contributed by atoms with E-state index in [4.69, 9.17) is 15.2 Å². The van der Waals surface area contributed by atoms with Gasteiger partial charge in [-0.25, -0.2) is 0 Å². The van der Waals surface area contributed by atoms with Gasteiger partial charge in [-0.3, -0.25) is 0 Å². The molecule has 0 saturated carbocycles. The van der Waals surface area contributed by atoms with E-state index in [0.717, 1.165) is 17.9 Å². The van der Waals surface area contributed by atoms with Gasteiger partial charge in [0.25, 0.3) is 0 Å². The Morgan fingerprint density at radius 3 is 2.27 bits per heavy atom. The molecule has 0 amide bonds. The van der Waals surface area contributed by atoms with Crippen molar-refractivity contribution in [1.82, 2.24) is 0 Å². The second kappa shape index (κ2) is 5.61. The van der Waals surface area contributed by atoms with Crippen LogP contribution < -0.4 is 15.2 Å². The van der Waals surface area contributed by atoms with Crippen LogP contribution in [0.1, 0.15) is 17.5 Å². The van der Waals surface area contributed by atoms with Crippen LogP contribution in [-0.2, 0) is 0 Å². The van der Waals surface area contributed by atoms with Crippen LogP contribution in [0.3, 0.4) is 0 Å². The van der Waals surface area contributed by atoms with Gasteiger partial charge in [-0.15, -0.1) is 0 Å². The molecule has 0 saturated heterocycles. The summed E-state index contributed by atoms with van der Waals surface area (Å²) in [6.07, 6.45) is 0.857. The molecule has 0 unspecified atom stereocenters. The molecule has 84 valence electrons. The number of ether oxygens (including phenoxy) is 2. The van der Waals surface area contributed by atoms with Gasteiger partial charge in [0.1, 0.15) is 0 Å². The fraction of sp³-hybridized carbons (Fsp3) is 0.500. The zero-order valence-corrected chi connectivity index (χ0v) is 9.67. The minimum atomic E-state index is 0.634. The second-order valence-corrected chi connectivity index (χ2v) is 3.58. The average Bonchev–Trinajstić information content (AvgIpc) is 2.23. The highest BCUT2D eigenvalue weighted by Crippen LogP contribution is 2.30. The van der Waals surface area contributed by atoms with E-state index in [9.17, 15) is 0 Å². The van der Waals surface area contributed by atoms with Gasteiger partial charge >= 0.3 is 0 Å². The van der Waals surface area contributed by atoms with Gasteiger partial charge in [-0.2, -0.15) is 0 Å². The van der Waals surface area contributed by atoms with Crippen LogP contribution in [0, 0.1) is 13.8 Å². The van der Waals surface area contributed by atoms with E-state index in [-0.39, 0.29) is 0 Å². The molecule has 0 fully saturated rings. The van der Waals surface area contributed by atoms with Crippen molar-refractivity contribution in [3.05, 3.63) is 23.3 Å². The largest absolute Gasteiger partial charge is 0.493 e. The Morgan fingerprint density at radius 1 is 1.13 bits per heavy atom. The first kappa shape index (κ1) is 11.9. The van der Waals surface area contributed by atoms with E-state index in [0.29, 0.717) is 13.2 Å². The van der Waals surface area contributed by atoms with Crippen LogP contribution in [0.4, 0.5) is 0 Å². The molecule has 2 N–H and O–H groups in total. The lowest BCUT2D eigenvalue weighted by molar-refractivity contribution is 0.291. The summed E-state index contributed by atoms with van der Waals surface area (Å²) in [5.41, 5.74) is 7.82. The molecule has 0 aliphatic rings. The van der Waals surface area contributed by atoms with Gasteiger partial charge in [0, 0.05) is 0 Å². The highest BCUT2D eigenvalue weighted by Gasteiger charge is 2.06. The highest BCUT2D eigenvalue weighted by atomic mass is 16.5. The Bertz CT molecular complexity index is 324. The Balaban J connectivity index is 2.80. The summed E-state index contributed by atoms with van der Waals surface area (Å²) in [6.45, 7) is 5.40. The summed E-state index contributed by atoms with van der Waals surface area (Å²) in [7, 11) is 1.65. The van der Waals surface area contributed by atoms with Crippen molar-refractivity contribution < 1.29 is 9.47 Å². The Kier molecular flexibility index (Phi) is 4.43. The van der Waals surface area contributed by atoms with Crippen molar-refractivity contribution >= 4 is 0 Å². The SMILES string of the molecule is COc1cc(C)c(C)cc1OCCCN. The predicted octanol–water partition coefficient (Wildman–Crippen LogP) is 2.04. The minimum Gasteiger partial charge on any atom is -0.493 e. The van der Waals surface area contributed by atoms with E-state index in [1.807, 2.05) is 12.1 Å². The Hall–Kier alpha value is -1.22. The number of aryl methyl sites for hydroxylation is 2. The molecule has 1 aromatic rings. The number of hydrogen-bond acceptors (Lipinski definition) is 3. The molecule has 0 spiro atoms. The lowest BCUT2D eigenvalue weighted by Crippen LogP contribution is -2.07. The highest BCUT2D eigenvalue weighted by molar-refractivity contribution is 5.46. The molecule has 0 aliphatic heterocycles. The summed E-state index contributed by atoms with van der Waals surface area (Å²) < 4.78 is 10.9. The first-order chi connectivity index (χ1) is 7.19. The lowest BCUT2D eigenvalue weighted by atomic mass is 10.1. The molecule has 0 heterocycles. The molecule has 0 aromatic heterocycles. The van der Waals surface area contributed by atoms with Crippen LogP contribution in [-0.4, -0.2) is 20.3 Å². The zero-order valence-electron chi connectivity index (χ0n) is 9.67. The fourth-order valence-electron chi connectivity index (χ4n) is 1.30. The van der Waals surface area contributed by atoms with Gasteiger partial charge < -0.3 is 15.2 Å². The minimum absolute atomic E-state index is 0.634. The van der Waals surface area contributed by atoms with Crippen LogP contribution in [0.2, 0.25) is 0 Å². The van der Waals surface area contributed by atoms with E-state index in [1.165, 1.54) is 11.1 Å². The molecular formula is C12H19NO2. The molecule has 1 aromatic carbocycles. The standard InChI is InChI=1S/C12H19NO2/c1-9-7-11(14-3)12(8-10(9)2)15-6-4-5-13/h7-8H,4-6,13H2,1-3H3. The van der Waals surface area contributed by atoms with Crippen molar-refractivity contribution in [2.24, 2.45) is 5.73 Å². The Morgan fingerprint density at radius 2 is 1.73 bits per heavy atom. The number of nitrogens with two attached hydrogens (primary N) is 1. The Labute approximate surface area is 91.2 Å². The third kappa shape index (κ3) is 3.13. The molecule has 15 heavy (non-hydrogen) atoms. The number of rotatable bonds is 5. The third-order valence-electron chi connectivity index (χ3n) is 2.39. The van der Waals surface area contributed by atoms with E-state index < -0.39 is 0 Å². The number of hydrogen-bond donors (Lipinski definition) is 1. The molecule has 0 radical (unpaired) electrons. The van der Waals surface area contributed by atoms with Crippen molar-refractivity contribution in [2.45, 2.75) is 20.3 Å². The van der Waals surface area contributed by atoms with Gasteiger partial charge in [0.2, 0.25) is 0 Å². The number of methoxy groups -OCH3 is 1. The fourth-order valence-corrected chi connectivity index (χ4v) is 1.30. The van der Waals surface area contributed by atoms with Gasteiger partial charge in [0.15, 0.2) is 11.5 Å². The zero-order chi connectivity index (χ0) is 11.3. The van der Waals surface area contributed by atoms with E-state index in [1.54, 1.807) is 7.11 Å². The topological polar surface area (TPSA) is 44.5 Å². The summed E-state index contributed by atoms with van der Waals surface area (Å²) in [6, 6.07) is 4.00. The van der Waals surface area contributed by atoms with Crippen molar-refractivity contribution in [2.75, 3.05) is 20.3 Å². The maximum Gasteiger partial charge on any atom is 0.161 e. The predicted molar refractivity (Wildman–Crippen MR) is 61.6 cm³/mol. The third-order valence-corrected chi connectivity index (χ3v) is 2.39. The van der Waals surface area contributed by atoms with Gasteiger partial charge in [-0.1, -0.05) is 0 Å². The van der Waals surface area contributed by atoms with Crippen LogP contribution in [0.5, 0.6) is 11.5 Å². The summed E-state index contributed by atoms with van der Waals surface area (Å²) in [5, 5.41) is 0. The first-order valence-corrected chi connectivity index (χ1v) is 5.17. The molecule has 1 rings (SSSR count). The monoisotopic (exact) mass is 209 g/mol. The van der Waals surface area contributed by atoms with Crippen molar-refractivity contribution in [3.63, 3.8) is 0 Å². The second-order valence-electron chi connectivity index (χ2n) is 3.58. The molecule has 0 aliphatic carbocycles. The summed E-state index contributed by atoms with van der Waals surface area (Å²) >= 11 is 0. The van der Waals surface area contributed by atoms with Gasteiger partial charge in [-0.05, 0) is 50.1 Å². The lowest BCUT2D eigenvalue weighted by Gasteiger charge is -2.12. The van der Waals surface area contributed by atoms with E-state index in [2.05, 4.69) is 13.8 Å². The maximum absolute atomic E-state index is 5.60. The van der Waals surface area contributed by atoms with Crippen molar-refractivity contribution in [3.8, 4) is 11.5 Å². The molecule has 0 atom stereocenters. The summed E-state index contributed by atoms with van der Waals surface area (Å²) in [4.78, 5) is 0. The molecule has 3 heteroatoms. The number of benzene rings is 1. The molecular weight excluding hydrogens is 190 g/mol. The smallest absolute Gasteiger partial charge is 0.161 e. The van der Waals surface area contributed by atoms with Gasteiger partial charge in [0.05, 0.1) is 13.7 Å². The van der Waals surface area contributed by atoms with Crippen molar-refractivity contribution in [1.29, 1.82) is 0 Å². The summed E-state index contributed by atoms with van der Waals surface area (Å²) in [5.74, 6) is 1.59. The quantitative estimate of drug-likeness (QED) is 0.755. The van der Waals surface area contributed by atoms with Crippen LogP contribution in [0.25, 0.3) is 0 Å². The molecule has 3 nitrogen and oxygen atoms in total. The molecule has 0 bridgehead atoms.